The summed E-state index contributed by atoms with van der Waals surface area (Å²) in [6.07, 6.45) is 0. The maximum absolute atomic E-state index is 9.48. The van der Waals surface area contributed by atoms with Crippen molar-refractivity contribution in [3.63, 3.8) is 0 Å². The second kappa shape index (κ2) is 18.7. The van der Waals surface area contributed by atoms with Crippen molar-refractivity contribution in [2.24, 2.45) is 0 Å². The van der Waals surface area contributed by atoms with Gasteiger partial charge >= 0.3 is 67.3 Å². The molecular formula is C9H9CaNaO9. The summed E-state index contributed by atoms with van der Waals surface area (Å²) in [5.41, 5.74) is 0. The third kappa shape index (κ3) is 36.1. The van der Waals surface area contributed by atoms with Gasteiger partial charge in [0.2, 0.25) is 0 Å². The summed E-state index contributed by atoms with van der Waals surface area (Å²) < 4.78 is 0. The number of aliphatic carboxylic acids is 3. The van der Waals surface area contributed by atoms with E-state index in [9.17, 15) is 44.1 Å². The van der Waals surface area contributed by atoms with Gasteiger partial charge in [-0.2, -0.15) is 0 Å². The molecule has 0 aromatic carbocycles. The molecule has 11 heteroatoms. The van der Waals surface area contributed by atoms with E-state index in [4.69, 9.17) is 0 Å². The predicted octanol–water partition coefficient (Wildman–Crippen LogP) is -8.40. The molecule has 0 fully saturated rings. The average molecular weight is 324 g/mol. The molecule has 0 amide bonds. The number of carboxylic acid groups (broad SMARTS) is 3. The number of carbonyl (C=O) groups is 6. The summed E-state index contributed by atoms with van der Waals surface area (Å²) in [5.74, 6) is -7.69. The fourth-order valence-electron chi connectivity index (χ4n) is 0. The van der Waals surface area contributed by atoms with Crippen LogP contribution in [0, 0.1) is 0 Å². The molecule has 0 aliphatic rings. The Labute approximate surface area is 166 Å². The van der Waals surface area contributed by atoms with Gasteiger partial charge in [-0.15, -0.1) is 0 Å². The van der Waals surface area contributed by atoms with Crippen LogP contribution in [0.2, 0.25) is 0 Å². The van der Waals surface area contributed by atoms with Gasteiger partial charge in [0, 0.05) is 20.8 Å². The molecular weight excluding hydrogens is 315 g/mol. The van der Waals surface area contributed by atoms with Crippen LogP contribution in [-0.4, -0.2) is 73.0 Å². The van der Waals surface area contributed by atoms with Crippen LogP contribution in [0.1, 0.15) is 20.8 Å². The van der Waals surface area contributed by atoms with Gasteiger partial charge in [-0.25, -0.2) is 0 Å². The van der Waals surface area contributed by atoms with Gasteiger partial charge in [0.15, 0.2) is 17.3 Å². The summed E-state index contributed by atoms with van der Waals surface area (Å²) in [5, 5.41) is 27.7. The Bertz CT molecular complexity index is 285. The monoisotopic (exact) mass is 324 g/mol. The molecule has 0 atom stereocenters. The Morgan fingerprint density at radius 1 is 0.550 bits per heavy atom. The zero-order valence-electron chi connectivity index (χ0n) is 11.4. The number of hydrogen-bond donors (Lipinski definition) is 0. The Morgan fingerprint density at radius 2 is 0.600 bits per heavy atom. The third-order valence-electron chi connectivity index (χ3n) is 0.862. The Morgan fingerprint density at radius 3 is 0.600 bits per heavy atom. The molecule has 0 heterocycles. The molecule has 0 aromatic rings. The number of carbonyl (C=O) groups excluding carboxylic acids is 6. The summed E-state index contributed by atoms with van der Waals surface area (Å²) in [7, 11) is 0. The van der Waals surface area contributed by atoms with E-state index in [0.717, 1.165) is 20.8 Å². The molecule has 0 rings (SSSR count). The Hall–Kier alpha value is -0.320. The van der Waals surface area contributed by atoms with Crippen molar-refractivity contribution in [1.29, 1.82) is 0 Å². The molecule has 20 heavy (non-hydrogen) atoms. The fourth-order valence-corrected chi connectivity index (χ4v) is 0. The van der Waals surface area contributed by atoms with Gasteiger partial charge in [0.25, 0.3) is 0 Å². The van der Waals surface area contributed by atoms with Crippen molar-refractivity contribution in [1.82, 2.24) is 0 Å². The van der Waals surface area contributed by atoms with Crippen LogP contribution in [0.4, 0.5) is 0 Å². The number of rotatable bonds is 3. The molecule has 0 aliphatic heterocycles. The molecule has 0 spiro atoms. The van der Waals surface area contributed by atoms with Crippen LogP contribution in [0.3, 0.4) is 0 Å². The average Bonchev–Trinajstić information content (AvgIpc) is 2.18. The van der Waals surface area contributed by atoms with Crippen LogP contribution < -0.4 is 44.9 Å². The van der Waals surface area contributed by atoms with E-state index in [-0.39, 0.29) is 67.3 Å². The molecule has 102 valence electrons. The maximum Gasteiger partial charge on any atom is 2.00 e. The SMILES string of the molecule is CC(=O)C(=O)[O-].CC(=O)C(=O)[O-].CC(=O)C(=O)[O-].[Ca+2].[Na+]. The summed E-state index contributed by atoms with van der Waals surface area (Å²) in [4.78, 5) is 56.2. The molecule has 0 aliphatic carbocycles. The minimum absolute atomic E-state index is 0. The van der Waals surface area contributed by atoms with E-state index in [0.29, 0.717) is 0 Å². The molecule has 0 saturated carbocycles. The quantitative estimate of drug-likeness (QED) is 0.361. The molecule has 0 N–H and O–H groups in total. The summed E-state index contributed by atoms with van der Waals surface area (Å²) >= 11 is 0. The second-order valence-electron chi connectivity index (χ2n) is 2.53. The second-order valence-corrected chi connectivity index (χ2v) is 2.53. The zero-order chi connectivity index (χ0) is 15.5. The standard InChI is InChI=1S/3C3H4O3.Ca.Na/c3*1-2(4)3(5)6;;/h3*1H3,(H,5,6);;/q;;;+2;+1/p-3. The minimum Gasteiger partial charge on any atom is -0.542 e. The number of ketones is 3. The van der Waals surface area contributed by atoms with E-state index < -0.39 is 35.3 Å². The van der Waals surface area contributed by atoms with Gasteiger partial charge in [0.1, 0.15) is 17.9 Å². The molecule has 9 nitrogen and oxygen atoms in total. The van der Waals surface area contributed by atoms with Crippen molar-refractivity contribution < 1.29 is 73.6 Å². The maximum atomic E-state index is 9.48. The van der Waals surface area contributed by atoms with Crippen molar-refractivity contribution in [2.75, 3.05) is 0 Å². The first-order chi connectivity index (χ1) is 7.93. The molecule has 0 unspecified atom stereocenters. The van der Waals surface area contributed by atoms with Gasteiger partial charge in [-0.1, -0.05) is 0 Å². The van der Waals surface area contributed by atoms with Crippen molar-refractivity contribution in [3.8, 4) is 0 Å². The van der Waals surface area contributed by atoms with Crippen LogP contribution in [0.5, 0.6) is 0 Å². The van der Waals surface area contributed by atoms with Gasteiger partial charge in [-0.3, -0.25) is 14.4 Å². The Kier molecular flexibility index (Phi) is 29.8. The van der Waals surface area contributed by atoms with E-state index in [1.54, 1.807) is 0 Å². The first-order valence-electron chi connectivity index (χ1n) is 4.09. The number of hydrogen-bond acceptors (Lipinski definition) is 9. The summed E-state index contributed by atoms with van der Waals surface area (Å²) in [6.45, 7) is 2.82. The van der Waals surface area contributed by atoms with Crippen LogP contribution >= 0.6 is 0 Å². The Balaban J connectivity index is -0.0000000536. The minimum atomic E-state index is -1.63. The number of carboxylic acids is 3. The molecule has 0 bridgehead atoms. The largest absolute Gasteiger partial charge is 2.00 e. The topological polar surface area (TPSA) is 172 Å². The van der Waals surface area contributed by atoms with Crippen LogP contribution in [0.15, 0.2) is 0 Å². The van der Waals surface area contributed by atoms with Crippen LogP contribution in [0.25, 0.3) is 0 Å². The summed E-state index contributed by atoms with van der Waals surface area (Å²) in [6, 6.07) is 0. The fraction of sp³-hybridized carbons (Fsp3) is 0.333. The first-order valence-corrected chi connectivity index (χ1v) is 4.09. The molecule has 0 radical (unpaired) electrons. The number of Topliss-reactive ketones (excluding diaryl/α,β-unsaturated/α-hetero) is 3. The van der Waals surface area contributed by atoms with Crippen molar-refractivity contribution in [3.05, 3.63) is 0 Å². The predicted molar refractivity (Wildman–Crippen MR) is 52.8 cm³/mol. The molecule has 0 aromatic heterocycles. The van der Waals surface area contributed by atoms with Gasteiger partial charge < -0.3 is 29.7 Å². The van der Waals surface area contributed by atoms with Gasteiger partial charge in [-0.05, 0) is 0 Å². The van der Waals surface area contributed by atoms with E-state index >= 15 is 0 Å². The van der Waals surface area contributed by atoms with Crippen LogP contribution in [-0.2, 0) is 28.8 Å². The van der Waals surface area contributed by atoms with Crippen molar-refractivity contribution in [2.45, 2.75) is 20.8 Å². The smallest absolute Gasteiger partial charge is 0.542 e. The van der Waals surface area contributed by atoms with E-state index in [1.807, 2.05) is 0 Å². The van der Waals surface area contributed by atoms with Gasteiger partial charge in [0.05, 0.1) is 0 Å². The molecule has 0 saturated heterocycles. The third-order valence-corrected chi connectivity index (χ3v) is 0.862. The first kappa shape index (κ1) is 31.9. The normalized spacial score (nSPS) is 6.75. The van der Waals surface area contributed by atoms with Crippen molar-refractivity contribution >= 4 is 73.0 Å². The zero-order valence-corrected chi connectivity index (χ0v) is 15.6. The van der Waals surface area contributed by atoms with E-state index in [1.165, 1.54) is 0 Å². The van der Waals surface area contributed by atoms with E-state index in [2.05, 4.69) is 0 Å².